The number of carbonyl (C=O) groups is 1. The largest absolute Gasteiger partial charge is 0.326 e. The normalized spacial score (nSPS) is 37.1. The molecule has 1 aromatic carbocycles. The van der Waals surface area contributed by atoms with Crippen LogP contribution in [-0.4, -0.2) is 5.91 Å². The van der Waals surface area contributed by atoms with E-state index in [-0.39, 0.29) is 5.91 Å². The van der Waals surface area contributed by atoms with E-state index in [2.05, 4.69) is 42.6 Å². The van der Waals surface area contributed by atoms with Crippen LogP contribution in [0.15, 0.2) is 35.9 Å². The summed E-state index contributed by atoms with van der Waals surface area (Å²) in [5.41, 5.74) is 5.07. The van der Waals surface area contributed by atoms with Crippen molar-refractivity contribution < 1.29 is 4.79 Å². The van der Waals surface area contributed by atoms with Crippen LogP contribution in [0.2, 0.25) is 0 Å². The first-order valence-corrected chi connectivity index (χ1v) is 7.61. The number of benzene rings is 1. The van der Waals surface area contributed by atoms with E-state index in [1.165, 1.54) is 31.2 Å². The maximum absolute atomic E-state index is 11.1. The van der Waals surface area contributed by atoms with Gasteiger partial charge in [0.25, 0.3) is 0 Å². The molecule has 1 spiro atoms. The quantitative estimate of drug-likeness (QED) is 0.805. The summed E-state index contributed by atoms with van der Waals surface area (Å²) < 4.78 is 0. The molecule has 2 bridgehead atoms. The van der Waals surface area contributed by atoms with E-state index in [1.54, 1.807) is 12.5 Å². The van der Waals surface area contributed by atoms with Crippen molar-refractivity contribution >= 4 is 11.6 Å². The maximum Gasteiger partial charge on any atom is 0.221 e. The fraction of sp³-hybridized carbons (Fsp3) is 0.500. The van der Waals surface area contributed by atoms with Crippen molar-refractivity contribution in [2.24, 2.45) is 11.3 Å². The number of nitrogens with one attached hydrogen (secondary N) is 1. The second-order valence-electron chi connectivity index (χ2n) is 7.16. The van der Waals surface area contributed by atoms with Crippen LogP contribution in [0.4, 0.5) is 5.69 Å². The van der Waals surface area contributed by atoms with E-state index >= 15 is 0 Å². The molecule has 104 valence electrons. The van der Waals surface area contributed by atoms with Gasteiger partial charge < -0.3 is 5.32 Å². The monoisotopic (exact) mass is 267 g/mol. The molecule has 2 atom stereocenters. The van der Waals surface area contributed by atoms with Gasteiger partial charge in [-0.2, -0.15) is 0 Å². The molecule has 20 heavy (non-hydrogen) atoms. The highest BCUT2D eigenvalue weighted by atomic mass is 16.1. The molecular weight excluding hydrogens is 246 g/mol. The van der Waals surface area contributed by atoms with Crippen LogP contribution in [0.25, 0.3) is 0 Å². The van der Waals surface area contributed by atoms with Crippen molar-refractivity contribution in [2.75, 3.05) is 5.32 Å². The SMILES string of the molecule is CC(=O)Nc1ccc(C23CC(C)C=C4CC2(C4)C3)cc1. The van der Waals surface area contributed by atoms with Gasteiger partial charge in [0.2, 0.25) is 5.91 Å². The Morgan fingerprint density at radius 3 is 2.60 bits per heavy atom. The molecule has 2 unspecified atom stereocenters. The third kappa shape index (κ3) is 1.54. The molecule has 2 fully saturated rings. The highest BCUT2D eigenvalue weighted by Crippen LogP contribution is 2.79. The average Bonchev–Trinajstić information content (AvgIpc) is 2.99. The number of hydrogen-bond acceptors (Lipinski definition) is 1. The summed E-state index contributed by atoms with van der Waals surface area (Å²) in [6.45, 7) is 3.91. The van der Waals surface area contributed by atoms with Crippen molar-refractivity contribution in [1.29, 1.82) is 0 Å². The Morgan fingerprint density at radius 1 is 1.25 bits per heavy atom. The number of anilines is 1. The predicted octanol–water partition coefficient (Wildman–Crippen LogP) is 4.03. The lowest BCUT2D eigenvalue weighted by atomic mass is 9.70. The Bertz CT molecular complexity index is 605. The standard InChI is InChI=1S/C18H21NO/c1-12-7-14-9-17(10-14)11-18(17,8-12)15-3-5-16(6-4-15)19-13(2)20/h3-7,12H,8-11H2,1-2H3,(H,19,20). The van der Waals surface area contributed by atoms with E-state index in [9.17, 15) is 4.79 Å². The number of carbonyl (C=O) groups excluding carboxylic acids is 1. The number of rotatable bonds is 2. The van der Waals surface area contributed by atoms with E-state index in [4.69, 9.17) is 0 Å². The van der Waals surface area contributed by atoms with Gasteiger partial charge in [-0.15, -0.1) is 0 Å². The van der Waals surface area contributed by atoms with Crippen LogP contribution in [0.3, 0.4) is 0 Å². The summed E-state index contributed by atoms with van der Waals surface area (Å²) in [5.74, 6) is 0.696. The molecule has 0 heterocycles. The number of amides is 1. The summed E-state index contributed by atoms with van der Waals surface area (Å²) in [6, 6.07) is 8.58. The van der Waals surface area contributed by atoms with Crippen LogP contribution in [0.5, 0.6) is 0 Å². The Balaban J connectivity index is 1.64. The molecule has 0 saturated heterocycles. The summed E-state index contributed by atoms with van der Waals surface area (Å²) in [7, 11) is 0. The predicted molar refractivity (Wildman–Crippen MR) is 80.6 cm³/mol. The van der Waals surface area contributed by atoms with Crippen LogP contribution in [-0.2, 0) is 10.2 Å². The molecule has 0 aromatic heterocycles. The minimum absolute atomic E-state index is 0.00488. The van der Waals surface area contributed by atoms with Crippen molar-refractivity contribution in [2.45, 2.75) is 44.9 Å². The van der Waals surface area contributed by atoms with Crippen LogP contribution in [0, 0.1) is 11.3 Å². The molecule has 1 aromatic rings. The first kappa shape index (κ1) is 12.2. The molecule has 2 heteroatoms. The van der Waals surface area contributed by atoms with Crippen LogP contribution < -0.4 is 5.32 Å². The van der Waals surface area contributed by atoms with E-state index in [0.717, 1.165) is 5.69 Å². The molecule has 2 saturated carbocycles. The molecule has 0 radical (unpaired) electrons. The third-order valence-corrected chi connectivity index (χ3v) is 5.61. The lowest BCUT2D eigenvalue weighted by Gasteiger charge is -2.34. The molecule has 4 aliphatic carbocycles. The summed E-state index contributed by atoms with van der Waals surface area (Å²) in [4.78, 5) is 11.1. The van der Waals surface area contributed by atoms with Crippen molar-refractivity contribution in [3.05, 3.63) is 41.5 Å². The van der Waals surface area contributed by atoms with Crippen LogP contribution in [0.1, 0.15) is 45.1 Å². The number of hydrogen-bond donors (Lipinski definition) is 1. The Hall–Kier alpha value is -1.57. The first-order valence-electron chi connectivity index (χ1n) is 7.61. The molecule has 2 nitrogen and oxygen atoms in total. The lowest BCUT2D eigenvalue weighted by Crippen LogP contribution is -2.25. The minimum atomic E-state index is -0.00488. The smallest absolute Gasteiger partial charge is 0.221 e. The van der Waals surface area contributed by atoms with Gasteiger partial charge in [-0.05, 0) is 54.7 Å². The fourth-order valence-corrected chi connectivity index (χ4v) is 4.83. The molecule has 1 N–H and O–H groups in total. The average molecular weight is 267 g/mol. The first-order chi connectivity index (χ1) is 9.53. The van der Waals surface area contributed by atoms with Gasteiger partial charge in [0.15, 0.2) is 0 Å². The minimum Gasteiger partial charge on any atom is -0.326 e. The van der Waals surface area contributed by atoms with Gasteiger partial charge in [0.1, 0.15) is 0 Å². The van der Waals surface area contributed by atoms with Gasteiger partial charge in [0.05, 0.1) is 0 Å². The number of fused-ring (bicyclic) bond motifs is 2. The van der Waals surface area contributed by atoms with E-state index in [1.807, 2.05) is 0 Å². The van der Waals surface area contributed by atoms with Gasteiger partial charge in [-0.3, -0.25) is 4.79 Å². The molecular formula is C18H21NO. The van der Waals surface area contributed by atoms with E-state index < -0.39 is 0 Å². The highest BCUT2D eigenvalue weighted by Gasteiger charge is 2.72. The van der Waals surface area contributed by atoms with Crippen molar-refractivity contribution in [1.82, 2.24) is 0 Å². The van der Waals surface area contributed by atoms with Gasteiger partial charge in [-0.1, -0.05) is 30.7 Å². The van der Waals surface area contributed by atoms with Gasteiger partial charge in [-0.25, -0.2) is 0 Å². The maximum atomic E-state index is 11.1. The highest BCUT2D eigenvalue weighted by molar-refractivity contribution is 5.88. The van der Waals surface area contributed by atoms with Crippen LogP contribution >= 0.6 is 0 Å². The Morgan fingerprint density at radius 2 is 1.95 bits per heavy atom. The Kier molecular flexibility index (Phi) is 2.28. The zero-order valence-corrected chi connectivity index (χ0v) is 12.2. The summed E-state index contributed by atoms with van der Waals surface area (Å²) in [6.07, 6.45) is 7.80. The second-order valence-corrected chi connectivity index (χ2v) is 7.16. The van der Waals surface area contributed by atoms with E-state index in [0.29, 0.717) is 16.7 Å². The summed E-state index contributed by atoms with van der Waals surface area (Å²) >= 11 is 0. The van der Waals surface area contributed by atoms with Gasteiger partial charge in [0, 0.05) is 18.0 Å². The van der Waals surface area contributed by atoms with Gasteiger partial charge >= 0.3 is 0 Å². The van der Waals surface area contributed by atoms with Crippen molar-refractivity contribution in [3.63, 3.8) is 0 Å². The molecule has 0 aliphatic heterocycles. The van der Waals surface area contributed by atoms with Crippen molar-refractivity contribution in [3.8, 4) is 0 Å². The number of allylic oxidation sites excluding steroid dienone is 2. The zero-order valence-electron chi connectivity index (χ0n) is 12.2. The molecule has 4 aliphatic rings. The fourth-order valence-electron chi connectivity index (χ4n) is 4.83. The topological polar surface area (TPSA) is 29.1 Å². The zero-order chi connectivity index (χ0) is 14.0. The summed E-state index contributed by atoms with van der Waals surface area (Å²) in [5, 5.41) is 2.85. The molecule has 1 amide bonds. The Labute approximate surface area is 120 Å². The molecule has 5 rings (SSSR count). The second kappa shape index (κ2) is 3.75. The third-order valence-electron chi connectivity index (χ3n) is 5.61. The lowest BCUT2D eigenvalue weighted by molar-refractivity contribution is -0.114.